The van der Waals surface area contributed by atoms with Crippen LogP contribution >= 0.6 is 0 Å². The van der Waals surface area contributed by atoms with Crippen molar-refractivity contribution in [1.29, 1.82) is 0 Å². The minimum absolute atomic E-state index is 0.173. The summed E-state index contributed by atoms with van der Waals surface area (Å²) in [6.07, 6.45) is 5.86. The highest BCUT2D eigenvalue weighted by molar-refractivity contribution is 5.79. The van der Waals surface area contributed by atoms with Gasteiger partial charge in [-0.15, -0.1) is 0 Å². The van der Waals surface area contributed by atoms with Crippen LogP contribution < -0.4 is 10.6 Å². The molecule has 0 bridgehead atoms. The standard InChI is InChI=1S/C18H25FN4/c1-3-20-18(22-13-16-9-11-23(2)14-16)21-10-5-7-15-6-4-8-17(19)12-15/h4,6,8-9,11-12,14H,3,5,7,10,13H2,1-2H3,(H2,20,21,22). The van der Waals surface area contributed by atoms with E-state index in [4.69, 9.17) is 0 Å². The molecular formula is C18H25FN4. The van der Waals surface area contributed by atoms with E-state index < -0.39 is 0 Å². The molecule has 0 aliphatic rings. The van der Waals surface area contributed by atoms with Crippen molar-refractivity contribution in [2.24, 2.45) is 12.0 Å². The second-order valence-electron chi connectivity index (χ2n) is 5.54. The van der Waals surface area contributed by atoms with Crippen LogP contribution in [-0.2, 0) is 20.0 Å². The van der Waals surface area contributed by atoms with E-state index >= 15 is 0 Å². The summed E-state index contributed by atoms with van der Waals surface area (Å²) in [6.45, 7) is 4.33. The summed E-state index contributed by atoms with van der Waals surface area (Å²) in [7, 11) is 2.00. The summed E-state index contributed by atoms with van der Waals surface area (Å²) in [6, 6.07) is 8.84. The smallest absolute Gasteiger partial charge is 0.191 e. The van der Waals surface area contributed by atoms with Gasteiger partial charge in [-0.25, -0.2) is 9.38 Å². The van der Waals surface area contributed by atoms with Gasteiger partial charge in [0.05, 0.1) is 6.54 Å². The quantitative estimate of drug-likeness (QED) is 0.468. The van der Waals surface area contributed by atoms with Crippen molar-refractivity contribution >= 4 is 5.96 Å². The van der Waals surface area contributed by atoms with Crippen LogP contribution in [0.5, 0.6) is 0 Å². The van der Waals surface area contributed by atoms with Crippen molar-refractivity contribution < 1.29 is 4.39 Å². The molecule has 0 saturated heterocycles. The average Bonchev–Trinajstić information content (AvgIpc) is 2.94. The highest BCUT2D eigenvalue weighted by atomic mass is 19.1. The van der Waals surface area contributed by atoms with Gasteiger partial charge in [-0.05, 0) is 49.1 Å². The largest absolute Gasteiger partial charge is 0.357 e. The number of hydrogen-bond donors (Lipinski definition) is 2. The fourth-order valence-electron chi connectivity index (χ4n) is 2.36. The molecule has 1 aromatic carbocycles. The Morgan fingerprint density at radius 1 is 1.22 bits per heavy atom. The third-order valence-corrected chi connectivity index (χ3v) is 3.48. The van der Waals surface area contributed by atoms with Crippen LogP contribution in [0.3, 0.4) is 0 Å². The summed E-state index contributed by atoms with van der Waals surface area (Å²) in [5.74, 6) is 0.642. The minimum Gasteiger partial charge on any atom is -0.357 e. The molecule has 4 nitrogen and oxygen atoms in total. The van der Waals surface area contributed by atoms with E-state index in [0.29, 0.717) is 6.54 Å². The molecule has 5 heteroatoms. The zero-order valence-electron chi connectivity index (χ0n) is 13.8. The van der Waals surface area contributed by atoms with E-state index in [-0.39, 0.29) is 5.82 Å². The first-order valence-electron chi connectivity index (χ1n) is 8.05. The first kappa shape index (κ1) is 17.1. The molecule has 2 aromatic rings. The van der Waals surface area contributed by atoms with Gasteiger partial charge in [0, 0.05) is 32.5 Å². The van der Waals surface area contributed by atoms with E-state index in [1.165, 1.54) is 11.6 Å². The maximum Gasteiger partial charge on any atom is 0.191 e. The Morgan fingerprint density at radius 3 is 2.78 bits per heavy atom. The maximum absolute atomic E-state index is 13.1. The Labute approximate surface area is 137 Å². The number of aromatic nitrogens is 1. The molecule has 0 amide bonds. The predicted molar refractivity (Wildman–Crippen MR) is 93.0 cm³/mol. The van der Waals surface area contributed by atoms with Gasteiger partial charge in [0.1, 0.15) is 5.82 Å². The number of halogens is 1. The Kier molecular flexibility index (Phi) is 6.66. The molecule has 1 heterocycles. The van der Waals surface area contributed by atoms with Crippen LogP contribution in [0.4, 0.5) is 4.39 Å². The lowest BCUT2D eigenvalue weighted by molar-refractivity contribution is 0.624. The molecular weight excluding hydrogens is 291 g/mol. The molecule has 0 atom stereocenters. The molecule has 2 N–H and O–H groups in total. The van der Waals surface area contributed by atoms with Gasteiger partial charge >= 0.3 is 0 Å². The van der Waals surface area contributed by atoms with E-state index in [0.717, 1.165) is 37.5 Å². The molecule has 0 saturated carbocycles. The molecule has 0 aliphatic heterocycles. The number of rotatable bonds is 7. The number of aryl methyl sites for hydroxylation is 2. The highest BCUT2D eigenvalue weighted by Gasteiger charge is 1.99. The van der Waals surface area contributed by atoms with E-state index in [2.05, 4.69) is 27.9 Å². The Morgan fingerprint density at radius 2 is 2.09 bits per heavy atom. The number of nitrogens with zero attached hydrogens (tertiary/aromatic N) is 2. The summed E-state index contributed by atoms with van der Waals surface area (Å²) < 4.78 is 15.1. The molecule has 0 fully saturated rings. The average molecular weight is 316 g/mol. The summed E-state index contributed by atoms with van der Waals surface area (Å²) >= 11 is 0. The van der Waals surface area contributed by atoms with Crippen LogP contribution in [0.15, 0.2) is 47.7 Å². The van der Waals surface area contributed by atoms with Gasteiger partial charge in [0.25, 0.3) is 0 Å². The molecule has 0 radical (unpaired) electrons. The maximum atomic E-state index is 13.1. The van der Waals surface area contributed by atoms with Crippen LogP contribution in [0.2, 0.25) is 0 Å². The number of benzene rings is 1. The van der Waals surface area contributed by atoms with Crippen molar-refractivity contribution in [3.05, 3.63) is 59.7 Å². The lowest BCUT2D eigenvalue weighted by Gasteiger charge is -2.11. The van der Waals surface area contributed by atoms with E-state index in [9.17, 15) is 4.39 Å². The van der Waals surface area contributed by atoms with Gasteiger partial charge < -0.3 is 15.2 Å². The molecule has 23 heavy (non-hydrogen) atoms. The Hall–Kier alpha value is -2.30. The molecule has 2 rings (SSSR count). The molecule has 0 unspecified atom stereocenters. The highest BCUT2D eigenvalue weighted by Crippen LogP contribution is 2.05. The van der Waals surface area contributed by atoms with Crippen LogP contribution in [-0.4, -0.2) is 23.6 Å². The molecule has 0 spiro atoms. The lowest BCUT2D eigenvalue weighted by atomic mass is 10.1. The van der Waals surface area contributed by atoms with Crippen molar-refractivity contribution in [3.63, 3.8) is 0 Å². The molecule has 124 valence electrons. The topological polar surface area (TPSA) is 41.4 Å². The van der Waals surface area contributed by atoms with Crippen molar-refractivity contribution in [2.75, 3.05) is 13.1 Å². The van der Waals surface area contributed by atoms with Crippen LogP contribution in [0.1, 0.15) is 24.5 Å². The minimum atomic E-state index is -0.173. The van der Waals surface area contributed by atoms with Crippen molar-refractivity contribution in [2.45, 2.75) is 26.3 Å². The monoisotopic (exact) mass is 316 g/mol. The zero-order valence-corrected chi connectivity index (χ0v) is 13.8. The number of guanidine groups is 1. The van der Waals surface area contributed by atoms with Crippen molar-refractivity contribution in [1.82, 2.24) is 15.2 Å². The van der Waals surface area contributed by atoms with Gasteiger partial charge in [-0.3, -0.25) is 0 Å². The van der Waals surface area contributed by atoms with Gasteiger partial charge in [-0.1, -0.05) is 12.1 Å². The van der Waals surface area contributed by atoms with Gasteiger partial charge in [0.2, 0.25) is 0 Å². The van der Waals surface area contributed by atoms with E-state index in [1.54, 1.807) is 12.1 Å². The van der Waals surface area contributed by atoms with E-state index in [1.807, 2.05) is 30.8 Å². The zero-order chi connectivity index (χ0) is 16.5. The normalized spacial score (nSPS) is 11.5. The SMILES string of the molecule is CCNC(=NCc1ccn(C)c1)NCCCc1cccc(F)c1. The fourth-order valence-corrected chi connectivity index (χ4v) is 2.36. The first-order valence-corrected chi connectivity index (χ1v) is 8.05. The van der Waals surface area contributed by atoms with Gasteiger partial charge in [0.15, 0.2) is 5.96 Å². The van der Waals surface area contributed by atoms with Crippen LogP contribution in [0.25, 0.3) is 0 Å². The third kappa shape index (κ3) is 6.14. The molecule has 0 aliphatic carbocycles. The van der Waals surface area contributed by atoms with Crippen LogP contribution in [0, 0.1) is 5.82 Å². The summed E-state index contributed by atoms with van der Waals surface area (Å²) in [4.78, 5) is 4.58. The first-order chi connectivity index (χ1) is 11.2. The summed E-state index contributed by atoms with van der Waals surface area (Å²) in [5.41, 5.74) is 2.21. The fraction of sp³-hybridized carbons (Fsp3) is 0.389. The summed E-state index contributed by atoms with van der Waals surface area (Å²) in [5, 5.41) is 6.56. The Bertz CT molecular complexity index is 633. The number of aliphatic imine (C=N–C) groups is 1. The Balaban J connectivity index is 1.77. The molecule has 1 aromatic heterocycles. The second kappa shape index (κ2) is 8.98. The number of hydrogen-bond acceptors (Lipinski definition) is 1. The predicted octanol–water partition coefficient (Wildman–Crippen LogP) is 2.85. The van der Waals surface area contributed by atoms with Gasteiger partial charge in [-0.2, -0.15) is 0 Å². The third-order valence-electron chi connectivity index (χ3n) is 3.48. The van der Waals surface area contributed by atoms with Crippen molar-refractivity contribution in [3.8, 4) is 0 Å². The lowest BCUT2D eigenvalue weighted by Crippen LogP contribution is -2.37. The second-order valence-corrected chi connectivity index (χ2v) is 5.54. The number of nitrogens with one attached hydrogen (secondary N) is 2.